The van der Waals surface area contributed by atoms with Crippen molar-refractivity contribution in [3.05, 3.63) is 35.9 Å². The van der Waals surface area contributed by atoms with E-state index in [4.69, 9.17) is 0 Å². The Morgan fingerprint density at radius 1 is 0.657 bits per heavy atom. The highest BCUT2D eigenvalue weighted by molar-refractivity contribution is 5.77. The van der Waals surface area contributed by atoms with Crippen LogP contribution in [0.15, 0.2) is 30.3 Å². The van der Waals surface area contributed by atoms with Crippen molar-refractivity contribution in [2.45, 2.75) is 58.4 Å². The molecule has 1 aromatic rings. The summed E-state index contributed by atoms with van der Waals surface area (Å²) in [5.74, 6) is 0. The number of urea groups is 4. The van der Waals surface area contributed by atoms with Gasteiger partial charge in [0.2, 0.25) is 0 Å². The van der Waals surface area contributed by atoms with E-state index in [-0.39, 0.29) is 56.4 Å². The van der Waals surface area contributed by atoms with Gasteiger partial charge in [0.25, 0.3) is 0 Å². The molecular weight excluding hydrogens is 452 g/mol. The van der Waals surface area contributed by atoms with Gasteiger partial charge in [-0.3, -0.25) is 0 Å². The van der Waals surface area contributed by atoms with E-state index in [2.05, 4.69) is 37.2 Å². The van der Waals surface area contributed by atoms with E-state index in [9.17, 15) is 19.2 Å². The second-order valence-electron chi connectivity index (χ2n) is 8.91. The van der Waals surface area contributed by atoms with Crippen LogP contribution in [0.25, 0.3) is 0 Å². The molecule has 12 nitrogen and oxygen atoms in total. The Kier molecular flexibility index (Phi) is 10.9. The molecule has 194 valence electrons. The van der Waals surface area contributed by atoms with Crippen LogP contribution < -0.4 is 37.2 Å². The van der Waals surface area contributed by atoms with Crippen LogP contribution in [-0.4, -0.2) is 79.4 Å². The molecule has 0 saturated carbocycles. The number of amides is 8. The topological polar surface area (TPSA) is 156 Å². The van der Waals surface area contributed by atoms with Gasteiger partial charge in [-0.2, -0.15) is 0 Å². The summed E-state index contributed by atoms with van der Waals surface area (Å²) in [4.78, 5) is 51.3. The minimum Gasteiger partial charge on any atom is -0.336 e. The predicted octanol–water partition coefficient (Wildman–Crippen LogP) is 0.663. The summed E-state index contributed by atoms with van der Waals surface area (Å²) in [6.45, 7) is 8.37. The van der Waals surface area contributed by atoms with Crippen molar-refractivity contribution in [3.63, 3.8) is 0 Å². The summed E-state index contributed by atoms with van der Waals surface area (Å²) in [6.07, 6.45) is 0. The average Bonchev–Trinajstić information content (AvgIpc) is 2.82. The lowest BCUT2D eigenvalue weighted by molar-refractivity contribution is 0.172. The molecule has 1 aliphatic heterocycles. The van der Waals surface area contributed by atoms with Gasteiger partial charge in [0.1, 0.15) is 0 Å². The monoisotopic (exact) mass is 490 g/mol. The molecule has 0 aromatic heterocycles. The van der Waals surface area contributed by atoms with Gasteiger partial charge in [-0.15, -0.1) is 0 Å². The summed E-state index contributed by atoms with van der Waals surface area (Å²) < 4.78 is 0. The molecule has 12 heteroatoms. The molecule has 0 unspecified atom stereocenters. The first-order valence-electron chi connectivity index (χ1n) is 11.9. The molecule has 7 N–H and O–H groups in total. The number of hydrogen-bond acceptors (Lipinski definition) is 4. The van der Waals surface area contributed by atoms with Gasteiger partial charge >= 0.3 is 24.1 Å². The lowest BCUT2D eigenvalue weighted by atomic mass is 10.2. The zero-order valence-corrected chi connectivity index (χ0v) is 20.8. The molecule has 4 atom stereocenters. The number of hydrogen-bond donors (Lipinski definition) is 7. The van der Waals surface area contributed by atoms with Crippen molar-refractivity contribution in [2.24, 2.45) is 0 Å². The molecule has 8 amide bonds. The van der Waals surface area contributed by atoms with Crippen LogP contribution in [0.3, 0.4) is 0 Å². The molecule has 1 fully saturated rings. The van der Waals surface area contributed by atoms with Crippen LogP contribution in [0, 0.1) is 0 Å². The lowest BCUT2D eigenvalue weighted by Gasteiger charge is -2.30. The first kappa shape index (κ1) is 27.5. The van der Waals surface area contributed by atoms with Gasteiger partial charge in [0, 0.05) is 56.9 Å². The molecule has 1 aliphatic rings. The lowest BCUT2D eigenvalue weighted by Crippen LogP contribution is -2.55. The number of rotatable bonds is 2. The van der Waals surface area contributed by atoms with Crippen LogP contribution in [0.2, 0.25) is 0 Å². The Labute approximate surface area is 206 Å². The Morgan fingerprint density at radius 3 is 1.57 bits per heavy atom. The first-order chi connectivity index (χ1) is 16.6. The van der Waals surface area contributed by atoms with Crippen LogP contribution in [0.1, 0.15) is 33.3 Å². The van der Waals surface area contributed by atoms with Crippen molar-refractivity contribution >= 4 is 24.1 Å². The highest BCUT2D eigenvalue weighted by Crippen LogP contribution is 2.09. The van der Waals surface area contributed by atoms with Crippen molar-refractivity contribution < 1.29 is 19.2 Å². The van der Waals surface area contributed by atoms with Gasteiger partial charge in [-0.1, -0.05) is 30.3 Å². The fraction of sp³-hybridized carbons (Fsp3) is 0.565. The molecule has 1 heterocycles. The third kappa shape index (κ3) is 10.4. The quantitative estimate of drug-likeness (QED) is 0.325. The van der Waals surface area contributed by atoms with Crippen LogP contribution in [-0.2, 0) is 6.54 Å². The number of benzene rings is 1. The van der Waals surface area contributed by atoms with Crippen molar-refractivity contribution in [1.29, 1.82) is 0 Å². The SMILES string of the molecule is C[C@H]1CNC(=O)N[C@@H](C)CNC(=O)N(Cc2ccccc2)[C@@H](C)CNC(=O)N[C@@H](C)CNC(=O)N1. The number of nitrogens with zero attached hydrogens (tertiary/aromatic N) is 1. The highest BCUT2D eigenvalue weighted by Gasteiger charge is 2.22. The molecule has 1 aromatic carbocycles. The Hall–Kier alpha value is -3.70. The fourth-order valence-electron chi connectivity index (χ4n) is 3.37. The van der Waals surface area contributed by atoms with Crippen LogP contribution >= 0.6 is 0 Å². The third-order valence-electron chi connectivity index (χ3n) is 5.38. The Morgan fingerprint density at radius 2 is 1.09 bits per heavy atom. The second-order valence-corrected chi connectivity index (χ2v) is 8.91. The van der Waals surface area contributed by atoms with E-state index in [0.29, 0.717) is 6.54 Å². The summed E-state index contributed by atoms with van der Waals surface area (Å²) in [5.41, 5.74) is 0.950. The smallest absolute Gasteiger partial charge is 0.318 e. The molecule has 2 rings (SSSR count). The molecule has 0 radical (unpaired) electrons. The molecule has 1 saturated heterocycles. The minimum atomic E-state index is -0.399. The zero-order chi connectivity index (χ0) is 25.8. The standard InChI is InChI=1S/C23H38N8O4/c1-15-10-25-21(33)30-17(3)12-27-23(35)31(14-19-8-6-5-7-9-19)18(4)13-26-22(34)29-16(2)11-24-20(32)28-15/h5-9,15-18H,10-14H2,1-4H3,(H,27,35)(H2,24,28,32)(H2,25,30,33)(H2,26,29,34)/t15-,16-,17-,18-/m0/s1. The van der Waals surface area contributed by atoms with E-state index < -0.39 is 18.1 Å². The summed E-state index contributed by atoms with van der Waals surface area (Å²) in [6, 6.07) is 6.76. The second kappa shape index (κ2) is 13.9. The summed E-state index contributed by atoms with van der Waals surface area (Å²) in [7, 11) is 0. The predicted molar refractivity (Wildman–Crippen MR) is 133 cm³/mol. The van der Waals surface area contributed by atoms with Crippen molar-refractivity contribution in [3.8, 4) is 0 Å². The number of carbonyl (C=O) groups is 4. The van der Waals surface area contributed by atoms with E-state index >= 15 is 0 Å². The van der Waals surface area contributed by atoms with Gasteiger partial charge in [-0.05, 0) is 33.3 Å². The maximum absolute atomic E-state index is 13.1. The zero-order valence-electron chi connectivity index (χ0n) is 20.8. The van der Waals surface area contributed by atoms with E-state index in [1.165, 1.54) is 0 Å². The van der Waals surface area contributed by atoms with Gasteiger partial charge in [-0.25, -0.2) is 19.2 Å². The molecular formula is C23H38N8O4. The maximum Gasteiger partial charge on any atom is 0.318 e. The number of nitrogens with one attached hydrogen (secondary N) is 7. The highest BCUT2D eigenvalue weighted by atomic mass is 16.2. The minimum absolute atomic E-state index is 0.214. The Balaban J connectivity index is 2.10. The average molecular weight is 491 g/mol. The summed E-state index contributed by atoms with van der Waals surface area (Å²) in [5, 5.41) is 19.3. The largest absolute Gasteiger partial charge is 0.336 e. The van der Waals surface area contributed by atoms with Crippen molar-refractivity contribution in [2.75, 3.05) is 26.2 Å². The van der Waals surface area contributed by atoms with Gasteiger partial charge in [0.15, 0.2) is 0 Å². The first-order valence-corrected chi connectivity index (χ1v) is 11.9. The van der Waals surface area contributed by atoms with Crippen LogP contribution in [0.4, 0.5) is 19.2 Å². The molecule has 35 heavy (non-hydrogen) atoms. The maximum atomic E-state index is 13.1. The van der Waals surface area contributed by atoms with E-state index in [0.717, 1.165) is 5.56 Å². The molecule has 0 bridgehead atoms. The summed E-state index contributed by atoms with van der Waals surface area (Å²) >= 11 is 0. The molecule has 0 aliphatic carbocycles. The van der Waals surface area contributed by atoms with Gasteiger partial charge < -0.3 is 42.1 Å². The molecule has 0 spiro atoms. The number of carbonyl (C=O) groups excluding carboxylic acids is 4. The third-order valence-corrected chi connectivity index (χ3v) is 5.38. The van der Waals surface area contributed by atoms with E-state index in [1.807, 2.05) is 37.3 Å². The van der Waals surface area contributed by atoms with Gasteiger partial charge in [0.05, 0.1) is 0 Å². The van der Waals surface area contributed by atoms with Crippen LogP contribution in [0.5, 0.6) is 0 Å². The van der Waals surface area contributed by atoms with E-state index in [1.54, 1.807) is 25.7 Å². The van der Waals surface area contributed by atoms with Crippen molar-refractivity contribution in [1.82, 2.24) is 42.1 Å². The fourth-order valence-corrected chi connectivity index (χ4v) is 3.37. The Bertz CT molecular complexity index is 853. The normalized spacial score (nSPS) is 26.0.